The van der Waals surface area contributed by atoms with E-state index in [0.717, 1.165) is 11.1 Å². The maximum atomic E-state index is 6.23. The fourth-order valence-electron chi connectivity index (χ4n) is 1.57. The molecule has 1 aromatic rings. The van der Waals surface area contributed by atoms with E-state index in [9.17, 15) is 0 Å². The van der Waals surface area contributed by atoms with Crippen LogP contribution in [0.15, 0.2) is 24.3 Å². The zero-order valence-electron chi connectivity index (χ0n) is 13.6. The molecule has 0 saturated heterocycles. The maximum absolute atomic E-state index is 6.23. The van der Waals surface area contributed by atoms with Crippen molar-refractivity contribution in [3.63, 3.8) is 0 Å². The highest BCUT2D eigenvalue weighted by atomic mass is 28.4. The Bertz CT molecular complexity index is 488. The van der Waals surface area contributed by atoms with E-state index in [-0.39, 0.29) is 11.1 Å². The Morgan fingerprint density at radius 2 is 1.75 bits per heavy atom. The van der Waals surface area contributed by atoms with Gasteiger partial charge in [-0.3, -0.25) is 0 Å². The predicted octanol–water partition coefficient (Wildman–Crippen LogP) is 4.08. The van der Waals surface area contributed by atoms with Crippen molar-refractivity contribution in [2.45, 2.75) is 51.9 Å². The van der Waals surface area contributed by atoms with Gasteiger partial charge in [-0.1, -0.05) is 38.8 Å². The minimum absolute atomic E-state index is 0.0761. The SMILES string of the molecule is CC#Cc1ccc(C(N)CO[Si](C)(C)C(C)(C)C)cc1. The molecule has 0 aliphatic heterocycles. The Labute approximate surface area is 124 Å². The molecule has 0 aliphatic rings. The summed E-state index contributed by atoms with van der Waals surface area (Å²) in [6, 6.07) is 8.03. The first-order valence-corrected chi connectivity index (χ1v) is 10.0. The predicted molar refractivity (Wildman–Crippen MR) is 89.1 cm³/mol. The summed E-state index contributed by atoms with van der Waals surface area (Å²) in [6.07, 6.45) is 0. The highest BCUT2D eigenvalue weighted by Gasteiger charge is 2.37. The molecule has 3 heteroatoms. The van der Waals surface area contributed by atoms with Gasteiger partial charge in [0.15, 0.2) is 8.32 Å². The third-order valence-corrected chi connectivity index (χ3v) is 8.54. The Kier molecular flexibility index (Phi) is 5.58. The summed E-state index contributed by atoms with van der Waals surface area (Å²) in [6.45, 7) is 13.6. The van der Waals surface area contributed by atoms with E-state index in [4.69, 9.17) is 10.2 Å². The van der Waals surface area contributed by atoms with E-state index >= 15 is 0 Å². The fraction of sp³-hybridized carbons (Fsp3) is 0.529. The minimum Gasteiger partial charge on any atom is -0.415 e. The van der Waals surface area contributed by atoms with Crippen molar-refractivity contribution < 1.29 is 4.43 Å². The Morgan fingerprint density at radius 1 is 1.20 bits per heavy atom. The van der Waals surface area contributed by atoms with Crippen LogP contribution in [0.3, 0.4) is 0 Å². The van der Waals surface area contributed by atoms with E-state index in [1.807, 2.05) is 31.2 Å². The number of nitrogens with two attached hydrogens (primary N) is 1. The van der Waals surface area contributed by atoms with E-state index in [1.54, 1.807) is 0 Å². The molecule has 0 amide bonds. The normalized spacial score (nSPS) is 13.6. The summed E-state index contributed by atoms with van der Waals surface area (Å²) in [4.78, 5) is 0. The molecule has 0 bridgehead atoms. The standard InChI is InChI=1S/C17H27NOSi/c1-7-8-14-9-11-15(12-10-14)16(18)13-19-20(5,6)17(2,3)4/h9-12,16H,13,18H2,1-6H3. The molecule has 110 valence electrons. The minimum atomic E-state index is -1.73. The molecule has 20 heavy (non-hydrogen) atoms. The molecule has 0 spiro atoms. The first-order valence-electron chi connectivity index (χ1n) is 7.09. The fourth-order valence-corrected chi connectivity index (χ4v) is 2.60. The van der Waals surface area contributed by atoms with Crippen LogP contribution in [-0.4, -0.2) is 14.9 Å². The van der Waals surface area contributed by atoms with Crippen molar-refractivity contribution in [3.05, 3.63) is 35.4 Å². The van der Waals surface area contributed by atoms with Crippen molar-refractivity contribution in [1.82, 2.24) is 0 Å². The van der Waals surface area contributed by atoms with Crippen LogP contribution in [0.1, 0.15) is 44.9 Å². The van der Waals surface area contributed by atoms with Crippen LogP contribution in [0.5, 0.6) is 0 Å². The highest BCUT2D eigenvalue weighted by Crippen LogP contribution is 2.36. The second-order valence-electron chi connectivity index (χ2n) is 6.67. The van der Waals surface area contributed by atoms with Gasteiger partial charge in [-0.25, -0.2) is 0 Å². The maximum Gasteiger partial charge on any atom is 0.192 e. The second-order valence-corrected chi connectivity index (χ2v) is 11.5. The van der Waals surface area contributed by atoms with Crippen molar-refractivity contribution in [1.29, 1.82) is 0 Å². The van der Waals surface area contributed by atoms with Crippen molar-refractivity contribution >= 4 is 8.32 Å². The molecule has 1 unspecified atom stereocenters. The first kappa shape index (κ1) is 17.0. The molecule has 0 aliphatic carbocycles. The van der Waals surface area contributed by atoms with Crippen LogP contribution < -0.4 is 5.73 Å². The van der Waals surface area contributed by atoms with Crippen molar-refractivity contribution in [2.75, 3.05) is 6.61 Å². The molecule has 0 fully saturated rings. The van der Waals surface area contributed by atoms with Gasteiger partial charge < -0.3 is 10.2 Å². The average molecular weight is 289 g/mol. The molecule has 0 aromatic heterocycles. The van der Waals surface area contributed by atoms with Crippen LogP contribution in [-0.2, 0) is 4.43 Å². The lowest BCUT2D eigenvalue weighted by Gasteiger charge is -2.37. The van der Waals surface area contributed by atoms with Gasteiger partial charge >= 0.3 is 0 Å². The molecule has 0 radical (unpaired) electrons. The Morgan fingerprint density at radius 3 is 2.20 bits per heavy atom. The van der Waals surface area contributed by atoms with E-state index in [2.05, 4.69) is 45.7 Å². The summed E-state index contributed by atoms with van der Waals surface area (Å²) in [5, 5.41) is 0.216. The Hall–Kier alpha value is -1.08. The molecule has 2 N–H and O–H groups in total. The van der Waals surface area contributed by atoms with Gasteiger partial charge in [0.05, 0.1) is 12.6 Å². The summed E-state index contributed by atoms with van der Waals surface area (Å²) in [5.41, 5.74) is 8.35. The van der Waals surface area contributed by atoms with Crippen LogP contribution >= 0.6 is 0 Å². The molecule has 1 aromatic carbocycles. The molecule has 0 heterocycles. The van der Waals surface area contributed by atoms with Gasteiger partial charge in [-0.2, -0.15) is 0 Å². The largest absolute Gasteiger partial charge is 0.415 e. The molecule has 0 saturated carbocycles. The highest BCUT2D eigenvalue weighted by molar-refractivity contribution is 6.74. The molecular weight excluding hydrogens is 262 g/mol. The number of rotatable bonds is 4. The quantitative estimate of drug-likeness (QED) is 0.669. The lowest BCUT2D eigenvalue weighted by Crippen LogP contribution is -2.42. The Balaban J connectivity index is 2.67. The first-order chi connectivity index (χ1) is 9.17. The topological polar surface area (TPSA) is 35.2 Å². The zero-order chi connectivity index (χ0) is 15.4. The second kappa shape index (κ2) is 6.58. The van der Waals surface area contributed by atoms with Gasteiger partial charge in [0.1, 0.15) is 0 Å². The molecule has 1 atom stereocenters. The van der Waals surface area contributed by atoms with Gasteiger partial charge in [0, 0.05) is 5.56 Å². The van der Waals surface area contributed by atoms with Crippen molar-refractivity contribution in [2.24, 2.45) is 5.73 Å². The summed E-state index contributed by atoms with van der Waals surface area (Å²) >= 11 is 0. The summed E-state index contributed by atoms with van der Waals surface area (Å²) in [7, 11) is -1.73. The van der Waals surface area contributed by atoms with Gasteiger partial charge in [0.2, 0.25) is 0 Å². The molecule has 1 rings (SSSR count). The lowest BCUT2D eigenvalue weighted by molar-refractivity contribution is 0.264. The number of hydrogen-bond donors (Lipinski definition) is 1. The van der Waals surface area contributed by atoms with Crippen LogP contribution in [0.2, 0.25) is 18.1 Å². The summed E-state index contributed by atoms with van der Waals surface area (Å²) < 4.78 is 6.17. The van der Waals surface area contributed by atoms with Gasteiger partial charge in [-0.15, -0.1) is 5.92 Å². The number of benzene rings is 1. The van der Waals surface area contributed by atoms with Crippen LogP contribution in [0.25, 0.3) is 0 Å². The van der Waals surface area contributed by atoms with E-state index < -0.39 is 8.32 Å². The lowest BCUT2D eigenvalue weighted by atomic mass is 10.1. The van der Waals surface area contributed by atoms with E-state index in [1.165, 1.54) is 0 Å². The smallest absolute Gasteiger partial charge is 0.192 e. The monoisotopic (exact) mass is 289 g/mol. The van der Waals surface area contributed by atoms with E-state index in [0.29, 0.717) is 6.61 Å². The number of hydrogen-bond acceptors (Lipinski definition) is 2. The molecular formula is C17H27NOSi. The van der Waals surface area contributed by atoms with Gasteiger partial charge in [-0.05, 0) is 42.8 Å². The average Bonchev–Trinajstić information content (AvgIpc) is 2.36. The molecule has 2 nitrogen and oxygen atoms in total. The third kappa shape index (κ3) is 4.48. The third-order valence-electron chi connectivity index (χ3n) is 4.04. The zero-order valence-corrected chi connectivity index (χ0v) is 14.6. The van der Waals surface area contributed by atoms with Crippen LogP contribution in [0.4, 0.5) is 0 Å². The summed E-state index contributed by atoms with van der Waals surface area (Å²) in [5.74, 6) is 5.93. The van der Waals surface area contributed by atoms with Gasteiger partial charge in [0.25, 0.3) is 0 Å². The van der Waals surface area contributed by atoms with Crippen LogP contribution in [0, 0.1) is 11.8 Å². The van der Waals surface area contributed by atoms with Crippen molar-refractivity contribution in [3.8, 4) is 11.8 Å².